The molecule has 0 bridgehead atoms. The van der Waals surface area contributed by atoms with Gasteiger partial charge in [-0.1, -0.05) is 15.9 Å². The van der Waals surface area contributed by atoms with Crippen molar-refractivity contribution in [1.29, 1.82) is 0 Å². The first-order chi connectivity index (χ1) is 7.76. The van der Waals surface area contributed by atoms with Crippen LogP contribution in [0.3, 0.4) is 0 Å². The van der Waals surface area contributed by atoms with Gasteiger partial charge in [-0.2, -0.15) is 0 Å². The van der Waals surface area contributed by atoms with E-state index >= 15 is 0 Å². The highest BCUT2D eigenvalue weighted by Gasteiger charge is 2.35. The van der Waals surface area contributed by atoms with Gasteiger partial charge in [-0.15, -0.1) is 13.2 Å². The Morgan fingerprint density at radius 1 is 1.53 bits per heavy atom. The van der Waals surface area contributed by atoms with Gasteiger partial charge in [0.2, 0.25) is 5.75 Å². The smallest absolute Gasteiger partial charge is 0.399 e. The van der Waals surface area contributed by atoms with Gasteiger partial charge in [0.25, 0.3) is 0 Å². The highest BCUT2D eigenvalue weighted by atomic mass is 79.9. The van der Waals surface area contributed by atoms with E-state index in [1.54, 1.807) is 0 Å². The van der Waals surface area contributed by atoms with Crippen LogP contribution in [0.2, 0.25) is 0 Å². The number of rotatable bonds is 3. The van der Waals surface area contributed by atoms with Crippen LogP contribution in [-0.4, -0.2) is 16.3 Å². The second kappa shape index (κ2) is 4.82. The number of alkyl halides is 4. The van der Waals surface area contributed by atoms with Crippen LogP contribution >= 0.6 is 15.9 Å². The molecule has 0 aliphatic heterocycles. The minimum Gasteiger partial charge on any atom is -0.399 e. The molecule has 0 atom stereocenters. The van der Waals surface area contributed by atoms with Crippen molar-refractivity contribution >= 4 is 21.7 Å². The summed E-state index contributed by atoms with van der Waals surface area (Å²) in [5.41, 5.74) is -0.614. The molecule has 0 fully saturated rings. The maximum Gasteiger partial charge on any atom is 0.573 e. The number of halogens is 5. The molecule has 17 heavy (non-hydrogen) atoms. The molecule has 0 saturated carbocycles. The fourth-order valence-corrected chi connectivity index (χ4v) is 1.47. The zero-order chi connectivity index (χ0) is 13.2. The lowest BCUT2D eigenvalue weighted by atomic mass is 10.2. The van der Waals surface area contributed by atoms with Gasteiger partial charge in [-0.3, -0.25) is 0 Å². The van der Waals surface area contributed by atoms with Crippen molar-refractivity contribution in [2.24, 2.45) is 0 Å². The lowest BCUT2D eigenvalue weighted by Crippen LogP contribution is -2.18. The van der Waals surface area contributed by atoms with Gasteiger partial charge in [0.05, 0.1) is 5.56 Å². The summed E-state index contributed by atoms with van der Waals surface area (Å²) in [5, 5.41) is 10.1. The summed E-state index contributed by atoms with van der Waals surface area (Å²) in [4.78, 5) is 12.5. The molecular weight excluding hydrogens is 316 g/mol. The molecule has 0 spiro atoms. The molecular formula is C7H3BrF4N2O3. The first kappa shape index (κ1) is 13.6. The summed E-state index contributed by atoms with van der Waals surface area (Å²) in [6, 6.07) is 0. The zero-order valence-corrected chi connectivity index (χ0v) is 9.38. The van der Waals surface area contributed by atoms with Gasteiger partial charge in [-0.05, 0) is 9.91 Å². The van der Waals surface area contributed by atoms with Crippen molar-refractivity contribution in [3.63, 3.8) is 0 Å². The van der Waals surface area contributed by atoms with E-state index in [-0.39, 0.29) is 5.33 Å². The predicted molar refractivity (Wildman–Crippen MR) is 50.2 cm³/mol. The third kappa shape index (κ3) is 3.25. The summed E-state index contributed by atoms with van der Waals surface area (Å²) in [6.45, 7) is 0. The maximum absolute atomic E-state index is 13.4. The van der Waals surface area contributed by atoms with Crippen molar-refractivity contribution in [1.82, 2.24) is 4.98 Å². The maximum atomic E-state index is 13.4. The Hall–Kier alpha value is -1.45. The van der Waals surface area contributed by atoms with Crippen molar-refractivity contribution < 1.29 is 27.2 Å². The van der Waals surface area contributed by atoms with Gasteiger partial charge in [0, 0.05) is 5.33 Å². The molecule has 0 aliphatic rings. The van der Waals surface area contributed by atoms with E-state index in [0.29, 0.717) is 6.20 Å². The Labute approximate surface area is 99.7 Å². The van der Waals surface area contributed by atoms with Crippen LogP contribution in [0.4, 0.5) is 23.4 Å². The second-order valence-corrected chi connectivity index (χ2v) is 3.24. The van der Waals surface area contributed by atoms with Crippen LogP contribution < -0.4 is 4.74 Å². The largest absolute Gasteiger partial charge is 0.573 e. The Bertz CT molecular complexity index is 451. The predicted octanol–water partition coefficient (Wildman–Crippen LogP) is 2.92. The normalized spacial score (nSPS) is 11.4. The van der Waals surface area contributed by atoms with Crippen LogP contribution in [0.5, 0.6) is 5.75 Å². The number of ether oxygens (including phenoxy) is 1. The average Bonchev–Trinajstić information content (AvgIpc) is 2.18. The molecule has 1 heterocycles. The van der Waals surface area contributed by atoms with E-state index < -0.39 is 34.2 Å². The minimum absolute atomic E-state index is 0.313. The molecule has 0 amide bonds. The lowest BCUT2D eigenvalue weighted by Gasteiger charge is -2.09. The number of nitrogens with zero attached hydrogens (tertiary/aromatic N) is 2. The fourth-order valence-electron chi connectivity index (χ4n) is 0.973. The van der Waals surface area contributed by atoms with Gasteiger partial charge in [0.1, 0.15) is 0 Å². The number of pyridine rings is 1. The quantitative estimate of drug-likeness (QED) is 0.372. The number of aromatic nitrogens is 1. The lowest BCUT2D eigenvalue weighted by molar-refractivity contribution is -0.390. The van der Waals surface area contributed by atoms with Crippen molar-refractivity contribution in [3.8, 4) is 5.75 Å². The van der Waals surface area contributed by atoms with Crippen LogP contribution in [-0.2, 0) is 5.33 Å². The number of nitro groups is 1. The molecule has 0 aromatic carbocycles. The SMILES string of the molecule is O=[N+]([O-])c1ncc(OC(F)(F)F)c(F)c1CBr. The first-order valence-corrected chi connectivity index (χ1v) is 5.02. The Morgan fingerprint density at radius 2 is 2.12 bits per heavy atom. The zero-order valence-electron chi connectivity index (χ0n) is 7.79. The van der Waals surface area contributed by atoms with Crippen LogP contribution in [0.15, 0.2) is 6.20 Å². The molecule has 10 heteroatoms. The van der Waals surface area contributed by atoms with Gasteiger partial charge < -0.3 is 14.9 Å². The highest BCUT2D eigenvalue weighted by molar-refractivity contribution is 9.08. The van der Waals surface area contributed by atoms with E-state index in [1.165, 1.54) is 0 Å². The van der Waals surface area contributed by atoms with Crippen molar-refractivity contribution in [2.75, 3.05) is 0 Å². The second-order valence-electron chi connectivity index (χ2n) is 2.68. The Morgan fingerprint density at radius 3 is 2.53 bits per heavy atom. The summed E-state index contributed by atoms with van der Waals surface area (Å²) < 4.78 is 52.3. The third-order valence-corrected chi connectivity index (χ3v) is 2.15. The molecule has 0 saturated heterocycles. The fraction of sp³-hybridized carbons (Fsp3) is 0.286. The summed E-state index contributed by atoms with van der Waals surface area (Å²) in [5.74, 6) is -3.55. The molecule has 0 N–H and O–H groups in total. The molecule has 0 radical (unpaired) electrons. The molecule has 94 valence electrons. The number of hydrogen-bond donors (Lipinski definition) is 0. The van der Waals surface area contributed by atoms with E-state index in [2.05, 4.69) is 25.7 Å². The minimum atomic E-state index is -5.10. The van der Waals surface area contributed by atoms with Gasteiger partial charge in [0.15, 0.2) is 12.0 Å². The van der Waals surface area contributed by atoms with E-state index in [1.807, 2.05) is 0 Å². The Kier molecular flexibility index (Phi) is 3.86. The number of hydrogen-bond acceptors (Lipinski definition) is 4. The van der Waals surface area contributed by atoms with Crippen molar-refractivity contribution in [2.45, 2.75) is 11.7 Å². The molecule has 1 aromatic rings. The molecule has 0 aliphatic carbocycles. The van der Waals surface area contributed by atoms with E-state index in [0.717, 1.165) is 0 Å². The van der Waals surface area contributed by atoms with Gasteiger partial charge >= 0.3 is 12.2 Å². The van der Waals surface area contributed by atoms with Crippen molar-refractivity contribution in [3.05, 3.63) is 27.7 Å². The van der Waals surface area contributed by atoms with Crippen LogP contribution in [0, 0.1) is 15.9 Å². The molecule has 1 rings (SSSR count). The molecule has 5 nitrogen and oxygen atoms in total. The summed E-state index contributed by atoms with van der Waals surface area (Å²) >= 11 is 2.72. The third-order valence-electron chi connectivity index (χ3n) is 1.59. The average molecular weight is 319 g/mol. The highest BCUT2D eigenvalue weighted by Crippen LogP contribution is 2.31. The standard InChI is InChI=1S/C7H3BrF4N2O3/c8-1-3-5(9)4(17-7(10,11)12)2-13-6(3)14(15)16/h2H,1H2. The van der Waals surface area contributed by atoms with E-state index in [4.69, 9.17) is 0 Å². The monoisotopic (exact) mass is 318 g/mol. The van der Waals surface area contributed by atoms with Gasteiger partial charge in [-0.25, -0.2) is 4.39 Å². The van der Waals surface area contributed by atoms with Crippen LogP contribution in [0.25, 0.3) is 0 Å². The summed E-state index contributed by atoms with van der Waals surface area (Å²) in [7, 11) is 0. The first-order valence-electron chi connectivity index (χ1n) is 3.89. The molecule has 1 aromatic heterocycles. The Balaban J connectivity index is 3.25. The van der Waals surface area contributed by atoms with Crippen LogP contribution in [0.1, 0.15) is 5.56 Å². The molecule has 0 unspecified atom stereocenters. The summed E-state index contributed by atoms with van der Waals surface area (Å²) in [6.07, 6.45) is -4.78. The topological polar surface area (TPSA) is 65.3 Å². The van der Waals surface area contributed by atoms with E-state index in [9.17, 15) is 27.7 Å².